The molecule has 0 aliphatic carbocycles. The molecule has 11 heteroatoms. The highest BCUT2D eigenvalue weighted by atomic mass is 32.2. The lowest BCUT2D eigenvalue weighted by Gasteiger charge is -2.21. The molecule has 4 aromatic rings. The average Bonchev–Trinajstić information content (AvgIpc) is 3.29. The van der Waals surface area contributed by atoms with Crippen LogP contribution >= 0.6 is 11.3 Å². The maximum Gasteiger partial charge on any atom is 0.348 e. The summed E-state index contributed by atoms with van der Waals surface area (Å²) in [6, 6.07) is 12.2. The molecule has 0 saturated heterocycles. The zero-order chi connectivity index (χ0) is 25.9. The summed E-state index contributed by atoms with van der Waals surface area (Å²) >= 11 is 1.14. The Labute approximate surface area is 213 Å². The van der Waals surface area contributed by atoms with E-state index in [1.54, 1.807) is 25.3 Å². The molecule has 0 amide bonds. The van der Waals surface area contributed by atoms with Gasteiger partial charge < -0.3 is 14.1 Å². The Morgan fingerprint density at radius 3 is 2.67 bits per heavy atom. The zero-order valence-electron chi connectivity index (χ0n) is 20.2. The summed E-state index contributed by atoms with van der Waals surface area (Å²) in [4.78, 5) is 19.7. The Morgan fingerprint density at radius 1 is 1.19 bits per heavy atom. The molecule has 0 fully saturated rings. The highest BCUT2D eigenvalue weighted by molar-refractivity contribution is 7.89. The Bertz CT molecular complexity index is 1620. The molecule has 0 radical (unpaired) electrons. The first-order valence-electron chi connectivity index (χ1n) is 11.5. The van der Waals surface area contributed by atoms with Gasteiger partial charge in [-0.15, -0.1) is 11.3 Å². The van der Waals surface area contributed by atoms with Crippen LogP contribution in [0.25, 0.3) is 31.8 Å². The van der Waals surface area contributed by atoms with Crippen LogP contribution < -0.4 is 15.2 Å². The molecule has 0 atom stereocenters. The number of rotatable bonds is 10. The molecule has 0 bridgehead atoms. The topological polar surface area (TPSA) is 126 Å². The molecule has 2 aromatic carbocycles. The molecule has 188 valence electrons. The van der Waals surface area contributed by atoms with Crippen LogP contribution in [0.4, 0.5) is 5.69 Å². The third kappa shape index (κ3) is 4.99. The number of anilines is 1. The number of fused-ring (bicyclic) bond motifs is 2. The second kappa shape index (κ2) is 10.8. The van der Waals surface area contributed by atoms with E-state index in [4.69, 9.17) is 9.15 Å². The Hall–Kier alpha value is -3.30. The number of ether oxygens (including phenoxy) is 1. The molecule has 4 rings (SSSR count). The number of sulfonamides is 1. The monoisotopic (exact) mass is 526 g/mol. The van der Waals surface area contributed by atoms with Crippen molar-refractivity contribution < 1.29 is 17.6 Å². The number of benzene rings is 2. The molecule has 1 N–H and O–H groups in total. The number of hydrogen-bond donors (Lipinski definition) is 1. The standard InChI is InChI=1S/C25H26N4O5S2/c1-4-29(5-2)16-7-9-18-19(15-26)23(25(30)34-21(18)13-16)24-28-20-10-8-17(14-22(20)35-24)36(31,32)27-11-6-12-33-3/h7-10,13-14,27H,4-6,11-12H2,1-3H3. The van der Waals surface area contributed by atoms with Crippen molar-refractivity contribution >= 4 is 48.2 Å². The predicted molar refractivity (Wildman–Crippen MR) is 141 cm³/mol. The molecule has 2 aromatic heterocycles. The van der Waals surface area contributed by atoms with Gasteiger partial charge in [0.05, 0.1) is 20.7 Å². The SMILES string of the molecule is CCN(CC)c1ccc2c(C#N)c(-c3nc4ccc(S(=O)(=O)NCCCOC)cc4s3)c(=O)oc2c1. The number of nitriles is 1. The van der Waals surface area contributed by atoms with Crippen molar-refractivity contribution in [3.05, 3.63) is 52.4 Å². The van der Waals surface area contributed by atoms with Crippen molar-refractivity contribution in [2.75, 3.05) is 38.3 Å². The lowest BCUT2D eigenvalue weighted by molar-refractivity contribution is 0.196. The third-order valence-corrected chi connectivity index (χ3v) is 8.33. The summed E-state index contributed by atoms with van der Waals surface area (Å²) in [5, 5.41) is 10.8. The molecule has 0 saturated carbocycles. The van der Waals surface area contributed by atoms with Crippen LogP contribution in [0.15, 0.2) is 50.5 Å². The minimum Gasteiger partial charge on any atom is -0.422 e. The number of thiazole rings is 1. The van der Waals surface area contributed by atoms with Crippen LogP contribution in [0, 0.1) is 11.3 Å². The Morgan fingerprint density at radius 2 is 1.97 bits per heavy atom. The molecule has 9 nitrogen and oxygen atoms in total. The van der Waals surface area contributed by atoms with Gasteiger partial charge in [-0.1, -0.05) is 0 Å². The van der Waals surface area contributed by atoms with Gasteiger partial charge in [-0.05, 0) is 50.6 Å². The first-order valence-corrected chi connectivity index (χ1v) is 13.8. The van der Waals surface area contributed by atoms with E-state index in [1.165, 1.54) is 12.1 Å². The predicted octanol–water partition coefficient (Wildman–Crippen LogP) is 4.10. The number of nitrogens with one attached hydrogen (secondary N) is 1. The van der Waals surface area contributed by atoms with Gasteiger partial charge in [-0.3, -0.25) is 0 Å². The van der Waals surface area contributed by atoms with E-state index in [0.29, 0.717) is 39.2 Å². The molecule has 0 aliphatic heterocycles. The van der Waals surface area contributed by atoms with Crippen molar-refractivity contribution in [1.82, 2.24) is 9.71 Å². The van der Waals surface area contributed by atoms with Crippen molar-refractivity contribution in [1.29, 1.82) is 5.26 Å². The normalized spacial score (nSPS) is 11.7. The third-order valence-electron chi connectivity index (χ3n) is 5.83. The first-order chi connectivity index (χ1) is 17.3. The van der Waals surface area contributed by atoms with Gasteiger partial charge in [-0.25, -0.2) is 22.9 Å². The van der Waals surface area contributed by atoms with Crippen molar-refractivity contribution in [3.8, 4) is 16.6 Å². The van der Waals surface area contributed by atoms with E-state index in [1.807, 2.05) is 19.9 Å². The summed E-state index contributed by atoms with van der Waals surface area (Å²) < 4.78 is 39.0. The van der Waals surface area contributed by atoms with Crippen LogP contribution in [0.2, 0.25) is 0 Å². The largest absolute Gasteiger partial charge is 0.422 e. The molecule has 0 unspecified atom stereocenters. The molecule has 2 heterocycles. The summed E-state index contributed by atoms with van der Waals surface area (Å²) in [5.41, 5.74) is 1.34. The molecule has 0 aliphatic rings. The molecular weight excluding hydrogens is 500 g/mol. The Balaban J connectivity index is 1.76. The van der Waals surface area contributed by atoms with Crippen LogP contribution in [-0.4, -0.2) is 46.8 Å². The summed E-state index contributed by atoms with van der Waals surface area (Å²) in [7, 11) is -2.16. The highest BCUT2D eigenvalue weighted by Crippen LogP contribution is 2.34. The number of nitrogens with zero attached hydrogens (tertiary/aromatic N) is 3. The van der Waals surface area contributed by atoms with E-state index >= 15 is 0 Å². The fourth-order valence-corrected chi connectivity index (χ4v) is 6.19. The molecule has 36 heavy (non-hydrogen) atoms. The fourth-order valence-electron chi connectivity index (χ4n) is 3.97. The van der Waals surface area contributed by atoms with Crippen molar-refractivity contribution in [2.45, 2.75) is 25.2 Å². The number of aromatic nitrogens is 1. The lowest BCUT2D eigenvalue weighted by atomic mass is 10.1. The van der Waals surface area contributed by atoms with Crippen molar-refractivity contribution in [3.63, 3.8) is 0 Å². The van der Waals surface area contributed by atoms with Gasteiger partial charge in [0.15, 0.2) is 0 Å². The molecular formula is C25H26N4O5S2. The number of hydrogen-bond acceptors (Lipinski definition) is 9. The Kier molecular flexibility index (Phi) is 7.70. The lowest BCUT2D eigenvalue weighted by Crippen LogP contribution is -2.25. The van der Waals surface area contributed by atoms with Gasteiger partial charge in [0.2, 0.25) is 10.0 Å². The minimum atomic E-state index is -3.72. The van der Waals surface area contributed by atoms with Crippen LogP contribution in [0.3, 0.4) is 0 Å². The average molecular weight is 527 g/mol. The fraction of sp³-hybridized carbons (Fsp3) is 0.320. The summed E-state index contributed by atoms with van der Waals surface area (Å²) in [6.07, 6.45) is 0.549. The number of methoxy groups -OCH3 is 1. The maximum absolute atomic E-state index is 13.0. The van der Waals surface area contributed by atoms with Gasteiger partial charge in [0.25, 0.3) is 0 Å². The highest BCUT2D eigenvalue weighted by Gasteiger charge is 2.22. The van der Waals surface area contributed by atoms with Crippen molar-refractivity contribution in [2.24, 2.45) is 0 Å². The second-order valence-corrected chi connectivity index (χ2v) is 10.8. The van der Waals surface area contributed by atoms with E-state index in [9.17, 15) is 18.5 Å². The smallest absolute Gasteiger partial charge is 0.348 e. The van der Waals surface area contributed by atoms with Crippen LogP contribution in [0.5, 0.6) is 0 Å². The van der Waals surface area contributed by atoms with Gasteiger partial charge in [-0.2, -0.15) is 5.26 Å². The van der Waals surface area contributed by atoms with E-state index in [-0.39, 0.29) is 22.6 Å². The molecule has 0 spiro atoms. The maximum atomic E-state index is 13.0. The van der Waals surface area contributed by atoms with E-state index < -0.39 is 15.6 Å². The van der Waals surface area contributed by atoms with Gasteiger partial charge >= 0.3 is 5.63 Å². The van der Waals surface area contributed by atoms with E-state index in [2.05, 4.69) is 20.7 Å². The van der Waals surface area contributed by atoms with Gasteiger partial charge in [0, 0.05) is 50.5 Å². The summed E-state index contributed by atoms with van der Waals surface area (Å²) in [6.45, 7) is 6.36. The zero-order valence-corrected chi connectivity index (χ0v) is 21.8. The van der Waals surface area contributed by atoms with Gasteiger partial charge in [0.1, 0.15) is 22.2 Å². The second-order valence-electron chi connectivity index (χ2n) is 8.00. The quantitative estimate of drug-likeness (QED) is 0.242. The minimum absolute atomic E-state index is 0.0730. The summed E-state index contributed by atoms with van der Waals surface area (Å²) in [5.74, 6) is 0. The van der Waals surface area contributed by atoms with Crippen LogP contribution in [0.1, 0.15) is 25.8 Å². The van der Waals surface area contributed by atoms with Crippen LogP contribution in [-0.2, 0) is 14.8 Å². The van der Waals surface area contributed by atoms with E-state index in [0.717, 1.165) is 30.1 Å². The first kappa shape index (κ1) is 25.8.